The first-order valence-electron chi connectivity index (χ1n) is 10.5. The molecule has 1 N–H and O–H groups in total. The molecular weight excluding hydrogens is 521 g/mol. The predicted molar refractivity (Wildman–Crippen MR) is 126 cm³/mol. The fraction of sp³-hybridized carbons (Fsp3) is 0.217. The van der Waals surface area contributed by atoms with E-state index in [1.165, 1.54) is 41.7 Å². The number of halogens is 4. The van der Waals surface area contributed by atoms with Gasteiger partial charge >= 0.3 is 6.36 Å². The lowest BCUT2D eigenvalue weighted by molar-refractivity contribution is -0.274. The number of hydrogen-bond donors (Lipinski definition) is 1. The van der Waals surface area contributed by atoms with Crippen LogP contribution in [0.3, 0.4) is 0 Å². The lowest BCUT2D eigenvalue weighted by atomic mass is 9.90. The zero-order valence-electron chi connectivity index (χ0n) is 19.0. The maximum atomic E-state index is 13.4. The van der Waals surface area contributed by atoms with Gasteiger partial charge in [-0.3, -0.25) is 9.78 Å². The molecule has 1 aromatic heterocycles. The molecule has 0 saturated heterocycles. The highest BCUT2D eigenvalue weighted by atomic mass is 35.5. The third-order valence-corrected chi connectivity index (χ3v) is 7.40. The summed E-state index contributed by atoms with van der Waals surface area (Å²) in [6.45, 7) is 0. The standard InChI is InChI=1S/C23H20ClF3N4O4S/c1-30(2)22(32)18-13-31(36(33,34)16-4-3-9-28-12-16)21-10-14(5-7-17(18)21)29-20-8-6-15(11-19(20)24)35-23(25,26)27/h3-6,8-13,17,29H,7H2,1-2H3. The van der Waals surface area contributed by atoms with Crippen molar-refractivity contribution in [2.24, 2.45) is 5.92 Å². The molecule has 1 aliphatic heterocycles. The summed E-state index contributed by atoms with van der Waals surface area (Å²) in [6, 6.07) is 6.32. The van der Waals surface area contributed by atoms with E-state index in [2.05, 4.69) is 15.0 Å². The average Bonchev–Trinajstić information content (AvgIpc) is 3.19. The molecule has 36 heavy (non-hydrogen) atoms. The summed E-state index contributed by atoms with van der Waals surface area (Å²) in [5.74, 6) is -1.33. The van der Waals surface area contributed by atoms with E-state index in [1.54, 1.807) is 26.2 Å². The Morgan fingerprint density at radius 2 is 2.03 bits per heavy atom. The van der Waals surface area contributed by atoms with E-state index in [0.29, 0.717) is 23.4 Å². The minimum atomic E-state index is -4.86. The van der Waals surface area contributed by atoms with Crippen LogP contribution >= 0.6 is 11.6 Å². The molecule has 0 radical (unpaired) electrons. The second-order valence-corrected chi connectivity index (χ2v) is 10.3. The first-order chi connectivity index (χ1) is 16.9. The normalized spacial score (nSPS) is 17.6. The van der Waals surface area contributed by atoms with Crippen LogP contribution in [0.25, 0.3) is 0 Å². The Balaban J connectivity index is 1.67. The van der Waals surface area contributed by atoms with Crippen LogP contribution in [0.2, 0.25) is 5.02 Å². The topological polar surface area (TPSA) is 91.8 Å². The first-order valence-corrected chi connectivity index (χ1v) is 12.3. The highest BCUT2D eigenvalue weighted by molar-refractivity contribution is 7.89. The lowest BCUT2D eigenvalue weighted by Gasteiger charge is -2.26. The summed E-state index contributed by atoms with van der Waals surface area (Å²) in [4.78, 5) is 18.0. The lowest BCUT2D eigenvalue weighted by Crippen LogP contribution is -2.28. The number of allylic oxidation sites excluding steroid dienone is 3. The minimum Gasteiger partial charge on any atom is -0.406 e. The molecule has 1 amide bonds. The molecule has 0 fully saturated rings. The van der Waals surface area contributed by atoms with E-state index < -0.39 is 28.1 Å². The molecule has 1 aromatic carbocycles. The molecule has 2 aromatic rings. The highest BCUT2D eigenvalue weighted by Crippen LogP contribution is 2.42. The van der Waals surface area contributed by atoms with Gasteiger partial charge in [0.2, 0.25) is 0 Å². The van der Waals surface area contributed by atoms with Crippen LogP contribution in [0, 0.1) is 5.92 Å². The summed E-state index contributed by atoms with van der Waals surface area (Å²) >= 11 is 6.14. The van der Waals surface area contributed by atoms with Gasteiger partial charge in [-0.15, -0.1) is 13.2 Å². The fourth-order valence-electron chi connectivity index (χ4n) is 3.80. The number of hydrogen-bond acceptors (Lipinski definition) is 6. The second-order valence-electron chi connectivity index (χ2n) is 8.11. The largest absolute Gasteiger partial charge is 0.573 e. The zero-order valence-corrected chi connectivity index (χ0v) is 20.5. The van der Waals surface area contributed by atoms with E-state index >= 15 is 0 Å². The SMILES string of the molecule is CN(C)C(=O)C1=CN(S(=O)(=O)c2cccnc2)C2=CC(Nc3ccc(OC(F)(F)F)cc3Cl)=CCC12. The van der Waals surface area contributed by atoms with Crippen molar-refractivity contribution < 1.29 is 31.1 Å². The van der Waals surface area contributed by atoms with Gasteiger partial charge in [0.15, 0.2) is 0 Å². The van der Waals surface area contributed by atoms with Gasteiger partial charge in [-0.05, 0) is 36.8 Å². The summed E-state index contributed by atoms with van der Waals surface area (Å²) in [5.41, 5.74) is 1.37. The van der Waals surface area contributed by atoms with Crippen LogP contribution in [-0.2, 0) is 14.8 Å². The number of carbonyl (C=O) groups excluding carboxylic acids is 1. The maximum absolute atomic E-state index is 13.4. The van der Waals surface area contributed by atoms with Crippen molar-refractivity contribution in [1.29, 1.82) is 0 Å². The number of carbonyl (C=O) groups is 1. The van der Waals surface area contributed by atoms with Crippen LogP contribution < -0.4 is 10.1 Å². The van der Waals surface area contributed by atoms with Gasteiger partial charge in [-0.2, -0.15) is 0 Å². The van der Waals surface area contributed by atoms with Crippen LogP contribution in [-0.4, -0.2) is 49.0 Å². The van der Waals surface area contributed by atoms with E-state index in [1.807, 2.05) is 0 Å². The fourth-order valence-corrected chi connectivity index (χ4v) is 5.40. The highest BCUT2D eigenvalue weighted by Gasteiger charge is 2.41. The number of pyridine rings is 1. The Morgan fingerprint density at radius 1 is 1.28 bits per heavy atom. The summed E-state index contributed by atoms with van der Waals surface area (Å²) in [7, 11) is -0.929. The molecule has 0 saturated carbocycles. The molecule has 0 bridgehead atoms. The number of likely N-dealkylation sites (N-methyl/N-ethyl adjacent to an activating group) is 1. The number of rotatable bonds is 6. The number of anilines is 1. The molecular formula is C23H20ClF3N4O4S. The number of amides is 1. The van der Waals surface area contributed by atoms with Gasteiger partial charge in [-0.25, -0.2) is 12.7 Å². The predicted octanol–water partition coefficient (Wildman–Crippen LogP) is 4.51. The first kappa shape index (κ1) is 25.6. The summed E-state index contributed by atoms with van der Waals surface area (Å²) in [5, 5.41) is 2.96. The zero-order chi connectivity index (χ0) is 26.3. The maximum Gasteiger partial charge on any atom is 0.573 e. The number of ether oxygens (including phenoxy) is 1. The Hall–Kier alpha value is -3.51. The van der Waals surface area contributed by atoms with Crippen molar-refractivity contribution in [2.75, 3.05) is 19.4 Å². The smallest absolute Gasteiger partial charge is 0.406 e. The molecule has 2 heterocycles. The van der Waals surface area contributed by atoms with Gasteiger partial charge in [0, 0.05) is 61.6 Å². The van der Waals surface area contributed by atoms with Gasteiger partial charge in [-0.1, -0.05) is 17.7 Å². The Bertz CT molecular complexity index is 1390. The van der Waals surface area contributed by atoms with Gasteiger partial charge in [0.05, 0.1) is 10.7 Å². The Labute approximate surface area is 210 Å². The number of benzene rings is 1. The molecule has 2 aliphatic rings. The number of aromatic nitrogens is 1. The van der Waals surface area contributed by atoms with Crippen LogP contribution in [0.4, 0.5) is 18.9 Å². The molecule has 13 heteroatoms. The van der Waals surface area contributed by atoms with Crippen molar-refractivity contribution in [3.8, 4) is 5.75 Å². The third-order valence-electron chi connectivity index (χ3n) is 5.42. The van der Waals surface area contributed by atoms with Crippen LogP contribution in [0.1, 0.15) is 6.42 Å². The molecule has 1 atom stereocenters. The van der Waals surface area contributed by atoms with E-state index in [-0.39, 0.29) is 21.5 Å². The second kappa shape index (κ2) is 9.51. The number of alkyl halides is 3. The van der Waals surface area contributed by atoms with E-state index in [0.717, 1.165) is 16.4 Å². The molecule has 1 aliphatic carbocycles. The van der Waals surface area contributed by atoms with Crippen molar-refractivity contribution >= 4 is 33.2 Å². The molecule has 8 nitrogen and oxygen atoms in total. The van der Waals surface area contributed by atoms with E-state index in [4.69, 9.17) is 11.6 Å². The van der Waals surface area contributed by atoms with Crippen LogP contribution in [0.15, 0.2) is 82.9 Å². The van der Waals surface area contributed by atoms with Gasteiger partial charge < -0.3 is 15.0 Å². The molecule has 0 spiro atoms. The molecule has 1 unspecified atom stereocenters. The van der Waals surface area contributed by atoms with Crippen LogP contribution in [0.5, 0.6) is 5.75 Å². The van der Waals surface area contributed by atoms with Gasteiger partial charge in [0.1, 0.15) is 10.6 Å². The summed E-state index contributed by atoms with van der Waals surface area (Å²) in [6.07, 6.45) is 2.73. The van der Waals surface area contributed by atoms with Crippen molar-refractivity contribution in [1.82, 2.24) is 14.2 Å². The summed E-state index contributed by atoms with van der Waals surface area (Å²) < 4.78 is 69.2. The number of fused-ring (bicyclic) bond motifs is 1. The number of nitrogens with zero attached hydrogens (tertiary/aromatic N) is 3. The van der Waals surface area contributed by atoms with Crippen molar-refractivity contribution in [2.45, 2.75) is 17.7 Å². The van der Waals surface area contributed by atoms with Crippen molar-refractivity contribution in [3.63, 3.8) is 0 Å². The molecule has 4 rings (SSSR count). The Kier molecular flexibility index (Phi) is 6.76. The quantitative estimate of drug-likeness (QED) is 0.580. The molecule has 190 valence electrons. The third kappa shape index (κ3) is 5.19. The number of sulfonamides is 1. The van der Waals surface area contributed by atoms with Crippen molar-refractivity contribution in [3.05, 3.63) is 83.1 Å². The average molecular weight is 541 g/mol. The monoisotopic (exact) mass is 540 g/mol. The van der Waals surface area contributed by atoms with E-state index in [9.17, 15) is 26.4 Å². The number of nitrogens with one attached hydrogen (secondary N) is 1. The minimum absolute atomic E-state index is 0.0361. The van der Waals surface area contributed by atoms with Gasteiger partial charge in [0.25, 0.3) is 15.9 Å². The Morgan fingerprint density at radius 3 is 2.64 bits per heavy atom.